The lowest BCUT2D eigenvalue weighted by molar-refractivity contribution is 0.0303. The summed E-state index contributed by atoms with van der Waals surface area (Å²) < 4.78 is 11.0. The van der Waals surface area contributed by atoms with Gasteiger partial charge in [0.15, 0.2) is 0 Å². The highest BCUT2D eigenvalue weighted by Gasteiger charge is 2.26. The molecule has 3 aromatic carbocycles. The summed E-state index contributed by atoms with van der Waals surface area (Å²) in [6, 6.07) is 21.2. The Morgan fingerprint density at radius 2 is 1.69 bits per heavy atom. The first kappa shape index (κ1) is 22.9. The molecule has 1 saturated heterocycles. The van der Waals surface area contributed by atoms with Crippen LogP contribution in [-0.4, -0.2) is 56.3 Å². The fraction of sp³-hybridized carbons (Fsp3) is 0.286. The van der Waals surface area contributed by atoms with E-state index in [1.54, 1.807) is 4.90 Å². The average molecular weight is 472 g/mol. The van der Waals surface area contributed by atoms with Crippen LogP contribution in [0, 0.1) is 0 Å². The Bertz CT molecular complexity index is 1220. The Labute approximate surface area is 205 Å². The van der Waals surface area contributed by atoms with Gasteiger partial charge in [0.2, 0.25) is 0 Å². The van der Waals surface area contributed by atoms with Gasteiger partial charge in [-0.15, -0.1) is 0 Å². The molecule has 1 N–H and O–H groups in total. The topological polar surface area (TPSA) is 71.1 Å². The van der Waals surface area contributed by atoms with Crippen LogP contribution in [0.1, 0.15) is 22.8 Å². The summed E-state index contributed by atoms with van der Waals surface area (Å²) in [6.07, 6.45) is 0.789. The molecule has 2 aliphatic heterocycles. The molecule has 0 radical (unpaired) electrons. The van der Waals surface area contributed by atoms with E-state index in [9.17, 15) is 9.59 Å². The van der Waals surface area contributed by atoms with E-state index in [4.69, 9.17) is 9.47 Å². The molecule has 0 aromatic heterocycles. The largest absolute Gasteiger partial charge is 0.492 e. The predicted molar refractivity (Wildman–Crippen MR) is 136 cm³/mol. The summed E-state index contributed by atoms with van der Waals surface area (Å²) >= 11 is 0. The molecule has 7 nitrogen and oxygen atoms in total. The lowest BCUT2D eigenvalue weighted by atomic mass is 10.0. The number of amides is 3. The molecule has 3 aromatic rings. The second-order valence-corrected chi connectivity index (χ2v) is 8.59. The van der Waals surface area contributed by atoms with Crippen molar-refractivity contribution in [3.05, 3.63) is 77.9 Å². The normalized spacial score (nSPS) is 15.0. The van der Waals surface area contributed by atoms with Gasteiger partial charge in [0.05, 0.1) is 25.5 Å². The molecule has 0 atom stereocenters. The maximum absolute atomic E-state index is 13.0. The van der Waals surface area contributed by atoms with Gasteiger partial charge < -0.3 is 19.7 Å². The number of nitrogens with zero attached hydrogens (tertiary/aromatic N) is 2. The highest BCUT2D eigenvalue weighted by molar-refractivity contribution is 6.04. The first-order valence-corrected chi connectivity index (χ1v) is 12.0. The van der Waals surface area contributed by atoms with E-state index >= 15 is 0 Å². The number of urea groups is 1. The smallest absolute Gasteiger partial charge is 0.326 e. The van der Waals surface area contributed by atoms with Gasteiger partial charge in [-0.1, -0.05) is 30.3 Å². The monoisotopic (exact) mass is 471 g/mol. The molecule has 5 rings (SSSR count). The zero-order chi connectivity index (χ0) is 24.2. The van der Waals surface area contributed by atoms with Crippen LogP contribution in [0.4, 0.5) is 16.2 Å². The van der Waals surface area contributed by atoms with Gasteiger partial charge >= 0.3 is 6.03 Å². The lowest BCUT2D eigenvalue weighted by Crippen LogP contribution is -2.40. The maximum atomic E-state index is 13.0. The van der Waals surface area contributed by atoms with Crippen LogP contribution >= 0.6 is 0 Å². The number of nitrogens with one attached hydrogen (secondary N) is 1. The van der Waals surface area contributed by atoms with Crippen molar-refractivity contribution in [2.24, 2.45) is 0 Å². The van der Waals surface area contributed by atoms with E-state index in [0.717, 1.165) is 28.8 Å². The van der Waals surface area contributed by atoms with Gasteiger partial charge in [0.1, 0.15) is 5.75 Å². The summed E-state index contributed by atoms with van der Waals surface area (Å²) in [5, 5.41) is 2.99. The molecule has 0 bridgehead atoms. The van der Waals surface area contributed by atoms with Crippen LogP contribution in [0.2, 0.25) is 0 Å². The van der Waals surface area contributed by atoms with Gasteiger partial charge in [-0.25, -0.2) is 4.79 Å². The molecule has 2 aliphatic rings. The number of morpholine rings is 1. The van der Waals surface area contributed by atoms with Crippen LogP contribution in [0.15, 0.2) is 66.7 Å². The van der Waals surface area contributed by atoms with Crippen LogP contribution in [0.3, 0.4) is 0 Å². The molecule has 2 heterocycles. The van der Waals surface area contributed by atoms with E-state index in [1.807, 2.05) is 72.5 Å². The van der Waals surface area contributed by atoms with E-state index in [1.165, 1.54) is 0 Å². The number of carbonyl (C=O) groups excluding carboxylic acids is 2. The second-order valence-electron chi connectivity index (χ2n) is 8.59. The molecule has 0 spiro atoms. The third kappa shape index (κ3) is 4.86. The number of fused-ring (bicyclic) bond motifs is 1. The third-order valence-corrected chi connectivity index (χ3v) is 6.41. The van der Waals surface area contributed by atoms with Gasteiger partial charge in [-0.2, -0.15) is 0 Å². The molecule has 1 fully saturated rings. The fourth-order valence-corrected chi connectivity index (χ4v) is 4.58. The number of benzene rings is 3. The van der Waals surface area contributed by atoms with Crippen molar-refractivity contribution in [2.45, 2.75) is 13.3 Å². The van der Waals surface area contributed by atoms with Crippen LogP contribution in [0.25, 0.3) is 11.1 Å². The van der Waals surface area contributed by atoms with Gasteiger partial charge in [-0.05, 0) is 66.4 Å². The molecule has 7 heteroatoms. The number of anilines is 2. The van der Waals surface area contributed by atoms with Crippen LogP contribution in [-0.2, 0) is 11.2 Å². The summed E-state index contributed by atoms with van der Waals surface area (Å²) in [4.78, 5) is 29.3. The highest BCUT2D eigenvalue weighted by Crippen LogP contribution is 2.33. The fourth-order valence-electron chi connectivity index (χ4n) is 4.58. The van der Waals surface area contributed by atoms with Crippen molar-refractivity contribution in [3.8, 4) is 16.9 Å². The number of carbonyl (C=O) groups is 2. The summed E-state index contributed by atoms with van der Waals surface area (Å²) in [7, 11) is 0. The Morgan fingerprint density at radius 1 is 0.943 bits per heavy atom. The van der Waals surface area contributed by atoms with Crippen molar-refractivity contribution in [1.29, 1.82) is 0 Å². The van der Waals surface area contributed by atoms with E-state index in [0.29, 0.717) is 56.5 Å². The number of para-hydroxylation sites is 2. The number of rotatable bonds is 5. The number of ether oxygens (including phenoxy) is 2. The molecule has 180 valence electrons. The SMILES string of the molecule is CCOc1ccccc1NC(=O)N1CCc2cc(-c3ccc(C(=O)N4CCOCC4)cc3)ccc21. The van der Waals surface area contributed by atoms with Crippen molar-refractivity contribution in [2.75, 3.05) is 49.7 Å². The summed E-state index contributed by atoms with van der Waals surface area (Å²) in [6.45, 7) is 5.51. The van der Waals surface area contributed by atoms with Crippen molar-refractivity contribution < 1.29 is 19.1 Å². The number of hydrogen-bond donors (Lipinski definition) is 1. The molecular weight excluding hydrogens is 442 g/mol. The van der Waals surface area contributed by atoms with Crippen molar-refractivity contribution in [1.82, 2.24) is 4.90 Å². The van der Waals surface area contributed by atoms with Gasteiger partial charge in [0.25, 0.3) is 5.91 Å². The summed E-state index contributed by atoms with van der Waals surface area (Å²) in [5.74, 6) is 0.704. The minimum Gasteiger partial charge on any atom is -0.492 e. The minimum absolute atomic E-state index is 0.0429. The Kier molecular flexibility index (Phi) is 6.68. The standard InChI is InChI=1S/C28H29N3O4/c1-2-35-26-6-4-3-5-24(26)29-28(33)31-14-13-23-19-22(11-12-25(23)31)20-7-9-21(10-8-20)27(32)30-15-17-34-18-16-30/h3-12,19H,2,13-18H2,1H3,(H,29,33). The first-order chi connectivity index (χ1) is 17.1. The zero-order valence-corrected chi connectivity index (χ0v) is 19.8. The lowest BCUT2D eigenvalue weighted by Gasteiger charge is -2.26. The number of hydrogen-bond acceptors (Lipinski definition) is 4. The Morgan fingerprint density at radius 3 is 2.46 bits per heavy atom. The first-order valence-electron chi connectivity index (χ1n) is 12.0. The van der Waals surface area contributed by atoms with Crippen molar-refractivity contribution in [3.63, 3.8) is 0 Å². The quantitative estimate of drug-likeness (QED) is 0.579. The van der Waals surface area contributed by atoms with Crippen LogP contribution < -0.4 is 15.0 Å². The van der Waals surface area contributed by atoms with E-state index in [-0.39, 0.29) is 11.9 Å². The molecule has 3 amide bonds. The molecule has 35 heavy (non-hydrogen) atoms. The summed E-state index contributed by atoms with van der Waals surface area (Å²) in [5.41, 5.74) is 5.50. The predicted octanol–water partition coefficient (Wildman–Crippen LogP) is 4.82. The minimum atomic E-state index is -0.172. The average Bonchev–Trinajstić information content (AvgIpc) is 3.34. The van der Waals surface area contributed by atoms with Crippen molar-refractivity contribution >= 4 is 23.3 Å². The van der Waals surface area contributed by atoms with E-state index in [2.05, 4.69) is 11.4 Å². The van der Waals surface area contributed by atoms with Crippen LogP contribution in [0.5, 0.6) is 5.75 Å². The highest BCUT2D eigenvalue weighted by atomic mass is 16.5. The van der Waals surface area contributed by atoms with E-state index < -0.39 is 0 Å². The second kappa shape index (κ2) is 10.2. The molecular formula is C28H29N3O4. The Hall–Kier alpha value is -3.84. The zero-order valence-electron chi connectivity index (χ0n) is 19.8. The molecule has 0 unspecified atom stereocenters. The van der Waals surface area contributed by atoms with Gasteiger partial charge in [-0.3, -0.25) is 9.69 Å². The maximum Gasteiger partial charge on any atom is 0.326 e. The molecule has 0 aliphatic carbocycles. The third-order valence-electron chi connectivity index (χ3n) is 6.41. The molecule has 0 saturated carbocycles. The Balaban J connectivity index is 1.29. The van der Waals surface area contributed by atoms with Gasteiger partial charge in [0, 0.05) is 30.9 Å².